The smallest absolute Gasteiger partial charge is 0.326 e. The van der Waals surface area contributed by atoms with E-state index in [1.807, 2.05) is 13.8 Å². The summed E-state index contributed by atoms with van der Waals surface area (Å²) in [5.74, 6) is -3.24. The lowest BCUT2D eigenvalue weighted by Gasteiger charge is -2.27. The first-order valence-corrected chi connectivity index (χ1v) is 12.5. The average Bonchev–Trinajstić information content (AvgIpc) is 3.35. The van der Waals surface area contributed by atoms with Gasteiger partial charge >= 0.3 is 5.97 Å². The maximum Gasteiger partial charge on any atom is 0.326 e. The molecule has 38 heavy (non-hydrogen) atoms. The molecule has 12 nitrogen and oxygen atoms in total. The van der Waals surface area contributed by atoms with Crippen LogP contribution >= 0.6 is 0 Å². The van der Waals surface area contributed by atoms with Gasteiger partial charge in [-0.3, -0.25) is 14.4 Å². The summed E-state index contributed by atoms with van der Waals surface area (Å²) < 4.78 is 0. The molecule has 1 aromatic carbocycles. The average molecular weight is 531 g/mol. The largest absolute Gasteiger partial charge is 0.508 e. The lowest BCUT2D eigenvalue weighted by atomic mass is 10.00. The topological polar surface area (TPSA) is 200 Å². The number of aromatic nitrogens is 2. The number of nitrogens with two attached hydrogens (primary N) is 1. The Kier molecular flexibility index (Phi) is 11.3. The number of amides is 3. The van der Waals surface area contributed by atoms with E-state index < -0.39 is 47.9 Å². The quantitative estimate of drug-likeness (QED) is 0.183. The molecule has 8 N–H and O–H groups in total. The van der Waals surface area contributed by atoms with Crippen molar-refractivity contribution in [3.05, 3.63) is 48.0 Å². The molecule has 0 radical (unpaired) electrons. The molecule has 0 spiro atoms. The fourth-order valence-electron chi connectivity index (χ4n) is 3.83. The van der Waals surface area contributed by atoms with Gasteiger partial charge in [-0.15, -0.1) is 0 Å². The van der Waals surface area contributed by atoms with Crippen molar-refractivity contribution in [2.75, 3.05) is 0 Å². The Morgan fingerprint density at radius 2 is 1.55 bits per heavy atom. The Morgan fingerprint density at radius 1 is 0.921 bits per heavy atom. The molecule has 12 heteroatoms. The number of carbonyl (C=O) groups excluding carboxylic acids is 3. The van der Waals surface area contributed by atoms with Gasteiger partial charge < -0.3 is 36.9 Å². The SMILES string of the molecule is CC(C)CC(NC(=O)C(Cc1cnc[nH]1)NC(=O)C(NC(=O)C(N)Cc1ccc(O)cc1)C(C)C)C(=O)O. The lowest BCUT2D eigenvalue weighted by Crippen LogP contribution is -2.59. The molecule has 2 rings (SSSR count). The van der Waals surface area contributed by atoms with Gasteiger partial charge in [-0.25, -0.2) is 9.78 Å². The van der Waals surface area contributed by atoms with Gasteiger partial charge in [0, 0.05) is 18.3 Å². The number of imidazole rings is 1. The molecule has 0 saturated carbocycles. The van der Waals surface area contributed by atoms with Gasteiger partial charge in [0.25, 0.3) is 0 Å². The normalized spacial score (nSPS) is 14.4. The first kappa shape index (κ1) is 30.3. The molecule has 1 heterocycles. The molecule has 0 saturated heterocycles. The molecular weight excluding hydrogens is 492 g/mol. The van der Waals surface area contributed by atoms with Crippen LogP contribution in [0.1, 0.15) is 45.4 Å². The summed E-state index contributed by atoms with van der Waals surface area (Å²) >= 11 is 0. The number of nitrogens with zero attached hydrogens (tertiary/aromatic N) is 1. The summed E-state index contributed by atoms with van der Waals surface area (Å²) in [6.45, 7) is 7.16. The van der Waals surface area contributed by atoms with E-state index in [4.69, 9.17) is 5.73 Å². The Bertz CT molecular complexity index is 1070. The van der Waals surface area contributed by atoms with Crippen molar-refractivity contribution in [3.8, 4) is 5.75 Å². The molecule has 208 valence electrons. The van der Waals surface area contributed by atoms with Crippen LogP contribution in [0.3, 0.4) is 0 Å². The van der Waals surface area contributed by atoms with Crippen LogP contribution in [-0.2, 0) is 32.0 Å². The molecule has 0 fully saturated rings. The van der Waals surface area contributed by atoms with Gasteiger partial charge in [0.1, 0.15) is 23.9 Å². The number of aromatic hydroxyl groups is 1. The maximum absolute atomic E-state index is 13.3. The predicted octanol–water partition coefficient (Wildman–Crippen LogP) is 0.469. The number of aromatic amines is 1. The van der Waals surface area contributed by atoms with Crippen molar-refractivity contribution in [1.29, 1.82) is 0 Å². The Balaban J connectivity index is 2.14. The molecule has 0 aliphatic heterocycles. The van der Waals surface area contributed by atoms with Crippen molar-refractivity contribution in [1.82, 2.24) is 25.9 Å². The minimum atomic E-state index is -1.17. The summed E-state index contributed by atoms with van der Waals surface area (Å²) in [6.07, 6.45) is 3.37. The van der Waals surface area contributed by atoms with Crippen LogP contribution in [0.15, 0.2) is 36.8 Å². The zero-order valence-corrected chi connectivity index (χ0v) is 22.1. The van der Waals surface area contributed by atoms with Crippen molar-refractivity contribution in [2.45, 2.75) is 71.1 Å². The molecule has 3 amide bonds. The lowest BCUT2D eigenvalue weighted by molar-refractivity contribution is -0.142. The summed E-state index contributed by atoms with van der Waals surface area (Å²) in [5.41, 5.74) is 7.36. The van der Waals surface area contributed by atoms with E-state index in [-0.39, 0.29) is 36.8 Å². The first-order chi connectivity index (χ1) is 17.9. The number of carbonyl (C=O) groups is 4. The minimum Gasteiger partial charge on any atom is -0.508 e. The summed E-state index contributed by atoms with van der Waals surface area (Å²) in [6, 6.07) is 2.08. The second-order valence-corrected chi connectivity index (χ2v) is 10.1. The van der Waals surface area contributed by atoms with Gasteiger partial charge in [0.2, 0.25) is 17.7 Å². The number of H-pyrrole nitrogens is 1. The van der Waals surface area contributed by atoms with E-state index in [9.17, 15) is 29.4 Å². The summed E-state index contributed by atoms with van der Waals surface area (Å²) in [4.78, 5) is 57.6. The number of carboxylic acid groups (broad SMARTS) is 1. The molecule has 0 aliphatic carbocycles. The van der Waals surface area contributed by atoms with Crippen LogP contribution in [0.2, 0.25) is 0 Å². The monoisotopic (exact) mass is 530 g/mol. The fraction of sp³-hybridized carbons (Fsp3) is 0.500. The van der Waals surface area contributed by atoms with Crippen LogP contribution in [0, 0.1) is 11.8 Å². The number of aliphatic carboxylic acids is 1. The third kappa shape index (κ3) is 9.51. The van der Waals surface area contributed by atoms with Crippen molar-refractivity contribution < 1.29 is 29.4 Å². The predicted molar refractivity (Wildman–Crippen MR) is 140 cm³/mol. The summed E-state index contributed by atoms with van der Waals surface area (Å²) in [7, 11) is 0. The first-order valence-electron chi connectivity index (χ1n) is 12.5. The van der Waals surface area contributed by atoms with Gasteiger partial charge in [-0.2, -0.15) is 0 Å². The third-order valence-corrected chi connectivity index (χ3v) is 5.91. The second kappa shape index (κ2) is 14.1. The van der Waals surface area contributed by atoms with E-state index >= 15 is 0 Å². The zero-order chi connectivity index (χ0) is 28.4. The van der Waals surface area contributed by atoms with Crippen LogP contribution in [0.25, 0.3) is 0 Å². The van der Waals surface area contributed by atoms with E-state index in [0.29, 0.717) is 5.69 Å². The number of benzene rings is 1. The number of hydrogen-bond acceptors (Lipinski definition) is 7. The van der Waals surface area contributed by atoms with Crippen molar-refractivity contribution in [2.24, 2.45) is 17.6 Å². The summed E-state index contributed by atoms with van der Waals surface area (Å²) in [5, 5.41) is 26.8. The highest BCUT2D eigenvalue weighted by Gasteiger charge is 2.32. The number of hydrogen-bond donors (Lipinski definition) is 7. The second-order valence-electron chi connectivity index (χ2n) is 10.1. The van der Waals surface area contributed by atoms with Crippen molar-refractivity contribution in [3.63, 3.8) is 0 Å². The molecule has 2 aromatic rings. The zero-order valence-electron chi connectivity index (χ0n) is 22.1. The number of phenols is 1. The van der Waals surface area contributed by atoms with E-state index in [0.717, 1.165) is 5.56 Å². The van der Waals surface area contributed by atoms with Gasteiger partial charge in [-0.05, 0) is 42.4 Å². The Labute approximate surface area is 221 Å². The number of carboxylic acids is 1. The number of nitrogens with one attached hydrogen (secondary N) is 4. The molecular formula is C26H38N6O6. The van der Waals surface area contributed by atoms with Gasteiger partial charge in [0.05, 0.1) is 12.4 Å². The highest BCUT2D eigenvalue weighted by atomic mass is 16.4. The highest BCUT2D eigenvalue weighted by Crippen LogP contribution is 2.12. The van der Waals surface area contributed by atoms with E-state index in [2.05, 4.69) is 25.9 Å². The van der Waals surface area contributed by atoms with Crippen LogP contribution in [-0.4, -0.2) is 68.0 Å². The van der Waals surface area contributed by atoms with E-state index in [1.165, 1.54) is 24.7 Å². The van der Waals surface area contributed by atoms with Crippen LogP contribution in [0.5, 0.6) is 5.75 Å². The van der Waals surface area contributed by atoms with E-state index in [1.54, 1.807) is 26.0 Å². The molecule has 4 unspecified atom stereocenters. The Morgan fingerprint density at radius 3 is 2.08 bits per heavy atom. The maximum atomic E-state index is 13.3. The molecule has 4 atom stereocenters. The van der Waals surface area contributed by atoms with Crippen LogP contribution in [0.4, 0.5) is 0 Å². The van der Waals surface area contributed by atoms with Gasteiger partial charge in [0.15, 0.2) is 0 Å². The number of rotatable bonds is 14. The standard InChI is InChI=1S/C26H38N6O6/c1-14(2)9-21(26(37)38)31-24(35)20(11-17-12-28-13-29-17)30-25(36)22(15(3)4)32-23(34)19(27)10-16-5-7-18(33)8-6-16/h5-8,12-15,19-22,33H,9-11,27H2,1-4H3,(H,28,29)(H,30,36)(H,31,35)(H,32,34)(H,37,38). The molecule has 1 aromatic heterocycles. The third-order valence-electron chi connectivity index (χ3n) is 5.91. The van der Waals surface area contributed by atoms with Gasteiger partial charge in [-0.1, -0.05) is 39.8 Å². The highest BCUT2D eigenvalue weighted by molar-refractivity contribution is 5.94. The number of phenolic OH excluding ortho intramolecular Hbond substituents is 1. The molecule has 0 bridgehead atoms. The minimum absolute atomic E-state index is 0.0170. The Hall–Kier alpha value is -3.93. The van der Waals surface area contributed by atoms with Crippen LogP contribution < -0.4 is 21.7 Å². The fourth-order valence-corrected chi connectivity index (χ4v) is 3.83. The molecule has 0 aliphatic rings. The van der Waals surface area contributed by atoms with Crippen molar-refractivity contribution >= 4 is 23.7 Å².